The Kier molecular flexibility index (Phi) is 6.22. The lowest BCUT2D eigenvalue weighted by Crippen LogP contribution is -2.29. The van der Waals surface area contributed by atoms with E-state index in [-0.39, 0.29) is 13.2 Å². The number of carboxylic acid groups (broad SMARTS) is 1. The van der Waals surface area contributed by atoms with Crippen LogP contribution in [0.3, 0.4) is 0 Å². The summed E-state index contributed by atoms with van der Waals surface area (Å²) in [7, 11) is -4.24. The second kappa shape index (κ2) is 8.03. The Balaban J connectivity index is 2.03. The lowest BCUT2D eigenvalue weighted by Gasteiger charge is -2.12. The predicted molar refractivity (Wildman–Crippen MR) is 92.3 cm³/mol. The van der Waals surface area contributed by atoms with E-state index >= 15 is 0 Å². The first-order valence-corrected chi connectivity index (χ1v) is 9.38. The first-order chi connectivity index (χ1) is 12.1. The molecule has 0 heterocycles. The van der Waals surface area contributed by atoms with Crippen LogP contribution in [0, 0.1) is 19.7 Å². The zero-order valence-electron chi connectivity index (χ0n) is 14.0. The van der Waals surface area contributed by atoms with Crippen molar-refractivity contribution in [1.82, 2.24) is 4.72 Å². The Labute approximate surface area is 155 Å². The van der Waals surface area contributed by atoms with Gasteiger partial charge < -0.3 is 14.6 Å². The number of carboxylic acids is 1. The average Bonchev–Trinajstić information content (AvgIpc) is 2.56. The van der Waals surface area contributed by atoms with E-state index in [0.29, 0.717) is 16.8 Å². The summed E-state index contributed by atoms with van der Waals surface area (Å²) in [5.41, 5.74) is 1.21. The van der Waals surface area contributed by atoms with E-state index in [1.54, 1.807) is 12.1 Å². The third-order valence-electron chi connectivity index (χ3n) is 3.53. The number of carbonyl (C=O) groups is 1. The highest BCUT2D eigenvalue weighted by Gasteiger charge is 2.19. The molecule has 0 aromatic heterocycles. The van der Waals surface area contributed by atoms with Crippen molar-refractivity contribution in [3.8, 4) is 5.75 Å². The zero-order valence-corrected chi connectivity index (χ0v) is 15.6. The van der Waals surface area contributed by atoms with E-state index in [0.717, 1.165) is 23.3 Å². The van der Waals surface area contributed by atoms with Gasteiger partial charge in [0.05, 0.1) is 5.97 Å². The van der Waals surface area contributed by atoms with Crippen LogP contribution in [0.1, 0.15) is 21.5 Å². The van der Waals surface area contributed by atoms with Crippen LogP contribution in [0.25, 0.3) is 0 Å². The number of carbonyl (C=O) groups excluding carboxylic acids is 1. The quantitative estimate of drug-likeness (QED) is 0.715. The molecule has 6 nitrogen and oxygen atoms in total. The molecule has 26 heavy (non-hydrogen) atoms. The Morgan fingerprint density at radius 1 is 1.23 bits per heavy atom. The Morgan fingerprint density at radius 2 is 1.85 bits per heavy atom. The van der Waals surface area contributed by atoms with Crippen LogP contribution in [0.2, 0.25) is 5.02 Å². The molecule has 140 valence electrons. The molecule has 0 aliphatic carbocycles. The summed E-state index contributed by atoms with van der Waals surface area (Å²) in [5.74, 6) is -2.14. The molecule has 0 bridgehead atoms. The van der Waals surface area contributed by atoms with Crippen LogP contribution in [0.5, 0.6) is 5.75 Å². The summed E-state index contributed by atoms with van der Waals surface area (Å²) < 4.78 is 45.7. The number of rotatable bonds is 7. The van der Waals surface area contributed by atoms with Gasteiger partial charge in [-0.3, -0.25) is 0 Å². The smallest absolute Gasteiger partial charge is 0.243 e. The van der Waals surface area contributed by atoms with Crippen LogP contribution in [0.4, 0.5) is 4.39 Å². The number of nitrogens with one attached hydrogen (secondary N) is 1. The van der Waals surface area contributed by atoms with Gasteiger partial charge in [-0.25, -0.2) is 17.5 Å². The summed E-state index contributed by atoms with van der Waals surface area (Å²) in [6.07, 6.45) is 0. The van der Waals surface area contributed by atoms with E-state index < -0.39 is 32.3 Å². The monoisotopic (exact) mass is 400 g/mol. The van der Waals surface area contributed by atoms with Crippen molar-refractivity contribution in [1.29, 1.82) is 0 Å². The van der Waals surface area contributed by atoms with Gasteiger partial charge in [-0.05, 0) is 54.8 Å². The minimum absolute atomic E-state index is 0.0124. The van der Waals surface area contributed by atoms with Gasteiger partial charge >= 0.3 is 0 Å². The average molecular weight is 401 g/mol. The van der Waals surface area contributed by atoms with E-state index in [1.807, 2.05) is 13.8 Å². The first kappa shape index (κ1) is 20.2. The van der Waals surface area contributed by atoms with Gasteiger partial charge in [-0.1, -0.05) is 17.7 Å². The largest absolute Gasteiger partial charge is 0.545 e. The number of halogens is 2. The normalized spacial score (nSPS) is 11.4. The van der Waals surface area contributed by atoms with Crippen molar-refractivity contribution in [3.05, 3.63) is 57.9 Å². The molecule has 0 radical (unpaired) electrons. The SMILES string of the molecule is Cc1cc(OCCNS(=O)(=O)c2cc(C(=O)[O-])ccc2F)cc(C)c1Cl. The van der Waals surface area contributed by atoms with Crippen LogP contribution < -0.4 is 14.6 Å². The summed E-state index contributed by atoms with van der Waals surface area (Å²) in [4.78, 5) is 10.0. The molecule has 0 aliphatic rings. The third-order valence-corrected chi connectivity index (χ3v) is 5.60. The van der Waals surface area contributed by atoms with Gasteiger partial charge in [0, 0.05) is 11.6 Å². The fourth-order valence-electron chi connectivity index (χ4n) is 2.25. The number of ether oxygens (including phenoxy) is 1. The first-order valence-electron chi connectivity index (χ1n) is 7.52. The minimum atomic E-state index is -4.24. The van der Waals surface area contributed by atoms with Crippen molar-refractivity contribution < 1.29 is 27.4 Å². The fraction of sp³-hybridized carbons (Fsp3) is 0.235. The van der Waals surface area contributed by atoms with Crippen molar-refractivity contribution in [2.24, 2.45) is 0 Å². The molecule has 0 amide bonds. The maximum atomic E-state index is 13.8. The molecule has 2 aromatic rings. The lowest BCUT2D eigenvalue weighted by molar-refractivity contribution is -0.255. The highest BCUT2D eigenvalue weighted by molar-refractivity contribution is 7.89. The highest BCUT2D eigenvalue weighted by Crippen LogP contribution is 2.25. The summed E-state index contributed by atoms with van der Waals surface area (Å²) >= 11 is 6.06. The Morgan fingerprint density at radius 3 is 2.42 bits per heavy atom. The maximum absolute atomic E-state index is 13.8. The van der Waals surface area contributed by atoms with E-state index in [9.17, 15) is 22.7 Å². The molecule has 9 heteroatoms. The van der Waals surface area contributed by atoms with Gasteiger partial charge in [0.25, 0.3) is 0 Å². The molecular weight excluding hydrogens is 385 g/mol. The summed E-state index contributed by atoms with van der Waals surface area (Å²) in [5, 5.41) is 11.4. The number of aromatic carboxylic acids is 1. The predicted octanol–water partition coefficient (Wildman–Crippen LogP) is 1.82. The Hall–Kier alpha value is -2.16. The number of hydrogen-bond acceptors (Lipinski definition) is 5. The van der Waals surface area contributed by atoms with E-state index in [2.05, 4.69) is 4.72 Å². The number of benzene rings is 2. The number of hydrogen-bond donors (Lipinski definition) is 1. The van der Waals surface area contributed by atoms with Crippen molar-refractivity contribution in [3.63, 3.8) is 0 Å². The molecule has 0 atom stereocenters. The second-order valence-electron chi connectivity index (χ2n) is 5.55. The second-order valence-corrected chi connectivity index (χ2v) is 7.66. The van der Waals surface area contributed by atoms with E-state index in [4.69, 9.17) is 16.3 Å². The van der Waals surface area contributed by atoms with Gasteiger partial charge in [0.1, 0.15) is 23.1 Å². The maximum Gasteiger partial charge on any atom is 0.243 e. The summed E-state index contributed by atoms with van der Waals surface area (Å²) in [6, 6.07) is 5.83. The third kappa shape index (κ3) is 4.72. The van der Waals surface area contributed by atoms with Crippen LogP contribution >= 0.6 is 11.6 Å². The molecule has 2 rings (SSSR count). The van der Waals surface area contributed by atoms with Gasteiger partial charge in [-0.2, -0.15) is 0 Å². The number of aryl methyl sites for hydroxylation is 2. The van der Waals surface area contributed by atoms with Gasteiger partial charge in [-0.15, -0.1) is 0 Å². The number of sulfonamides is 1. The fourth-order valence-corrected chi connectivity index (χ4v) is 3.47. The molecule has 0 saturated heterocycles. The highest BCUT2D eigenvalue weighted by atomic mass is 35.5. The standard InChI is InChI=1S/C17H17ClFNO5S/c1-10-7-13(8-11(2)16(10)18)25-6-5-20-26(23,24)15-9-12(17(21)22)3-4-14(15)19/h3-4,7-9,20H,5-6H2,1-2H3,(H,21,22)/p-1. The zero-order chi connectivity index (χ0) is 19.5. The van der Waals surface area contributed by atoms with Crippen LogP contribution in [-0.4, -0.2) is 27.5 Å². The van der Waals surface area contributed by atoms with Crippen molar-refractivity contribution >= 4 is 27.6 Å². The topological polar surface area (TPSA) is 95.5 Å². The minimum Gasteiger partial charge on any atom is -0.545 e. The molecule has 0 saturated carbocycles. The van der Waals surface area contributed by atoms with Crippen LogP contribution in [0.15, 0.2) is 35.2 Å². The van der Waals surface area contributed by atoms with Crippen molar-refractivity contribution in [2.75, 3.05) is 13.2 Å². The molecule has 2 aromatic carbocycles. The summed E-state index contributed by atoms with van der Waals surface area (Å²) in [6.45, 7) is 3.48. The molecular formula is C17H16ClFNO5S-. The van der Waals surface area contributed by atoms with Crippen molar-refractivity contribution in [2.45, 2.75) is 18.7 Å². The molecule has 1 N–H and O–H groups in total. The lowest BCUT2D eigenvalue weighted by atomic mass is 10.1. The van der Waals surface area contributed by atoms with E-state index in [1.165, 1.54) is 0 Å². The molecule has 0 spiro atoms. The van der Waals surface area contributed by atoms with Gasteiger partial charge in [0.15, 0.2) is 0 Å². The Bertz CT molecular complexity index is 923. The molecule has 0 aliphatic heterocycles. The van der Waals surface area contributed by atoms with Crippen LogP contribution in [-0.2, 0) is 10.0 Å². The molecule has 0 fully saturated rings. The molecule has 0 unspecified atom stereocenters. The van der Waals surface area contributed by atoms with Gasteiger partial charge in [0.2, 0.25) is 10.0 Å².